The van der Waals surface area contributed by atoms with E-state index >= 15 is 0 Å². The Bertz CT molecular complexity index is 158. The fourth-order valence-corrected chi connectivity index (χ4v) is 0.258. The summed E-state index contributed by atoms with van der Waals surface area (Å²) in [6, 6.07) is 0. The van der Waals surface area contributed by atoms with Crippen LogP contribution in [0.2, 0.25) is 0 Å². The van der Waals surface area contributed by atoms with Crippen LogP contribution in [0.25, 0.3) is 0 Å². The van der Waals surface area contributed by atoms with E-state index in [4.69, 9.17) is 9.66 Å². The molecule has 0 radical (unpaired) electrons. The maximum absolute atomic E-state index is 9.49. The Morgan fingerprint density at radius 3 is 2.00 bits per heavy atom. The first-order valence-corrected chi connectivity index (χ1v) is 3.72. The highest BCUT2D eigenvalue weighted by Gasteiger charge is 1.96. The van der Waals surface area contributed by atoms with E-state index in [0.717, 1.165) is 0 Å². The summed E-state index contributed by atoms with van der Waals surface area (Å²) in [5.41, 5.74) is 0. The van der Waals surface area contributed by atoms with E-state index in [1.165, 1.54) is 0 Å². The number of aliphatic hydroxyl groups is 1. The smallest absolute Gasteiger partial charge is 0.397 e. The molecule has 2 N–H and O–H groups in total. The normalized spacial score (nSPS) is 9.10. The SMILES string of the molecule is C=COS(=O)(=O)O.CCO. The molecule has 6 heteroatoms. The second kappa shape index (κ2) is 6.53. The van der Waals surface area contributed by atoms with Gasteiger partial charge in [-0.25, -0.2) is 0 Å². The average Bonchev–Trinajstić information content (AvgIpc) is 1.63. The minimum absolute atomic E-state index is 0.250. The minimum atomic E-state index is -4.29. The van der Waals surface area contributed by atoms with Gasteiger partial charge >= 0.3 is 10.4 Å². The first kappa shape index (κ1) is 12.1. The van der Waals surface area contributed by atoms with E-state index in [-0.39, 0.29) is 6.61 Å². The maximum Gasteiger partial charge on any atom is 0.445 e. The van der Waals surface area contributed by atoms with Gasteiger partial charge in [-0.2, -0.15) is 8.42 Å². The fourth-order valence-electron chi connectivity index (χ4n) is 0.0860. The Kier molecular flexibility index (Phi) is 7.91. The molecule has 0 atom stereocenters. The first-order valence-electron chi connectivity index (χ1n) is 2.35. The topological polar surface area (TPSA) is 83.8 Å². The first-order chi connectivity index (χ1) is 4.47. The van der Waals surface area contributed by atoms with Crippen molar-refractivity contribution in [1.82, 2.24) is 0 Å². The molecule has 0 aliphatic carbocycles. The zero-order valence-electron chi connectivity index (χ0n) is 5.52. The lowest BCUT2D eigenvalue weighted by molar-refractivity contribution is 0.318. The van der Waals surface area contributed by atoms with Crippen LogP contribution in [0.5, 0.6) is 0 Å². The highest BCUT2D eigenvalue weighted by atomic mass is 32.3. The second-order valence-electron chi connectivity index (χ2n) is 1.01. The molecule has 0 saturated heterocycles. The molecule has 0 aromatic heterocycles. The largest absolute Gasteiger partial charge is 0.445 e. The molecule has 0 heterocycles. The Hall–Kier alpha value is -0.590. The summed E-state index contributed by atoms with van der Waals surface area (Å²) in [6.07, 6.45) is 0.620. The van der Waals surface area contributed by atoms with Crippen molar-refractivity contribution in [1.29, 1.82) is 0 Å². The van der Waals surface area contributed by atoms with Crippen LogP contribution in [0.15, 0.2) is 12.8 Å². The van der Waals surface area contributed by atoms with Crippen LogP contribution in [0.4, 0.5) is 0 Å². The van der Waals surface area contributed by atoms with Crippen molar-refractivity contribution in [2.24, 2.45) is 0 Å². The predicted octanol–water partition coefficient (Wildman–Crippen LogP) is -0.0521. The van der Waals surface area contributed by atoms with Gasteiger partial charge in [0.15, 0.2) is 0 Å². The summed E-state index contributed by atoms with van der Waals surface area (Å²) in [7, 11) is -4.29. The molecule has 62 valence electrons. The summed E-state index contributed by atoms with van der Waals surface area (Å²) in [4.78, 5) is 0. The van der Waals surface area contributed by atoms with Gasteiger partial charge in [-0.05, 0) is 6.92 Å². The molecule has 0 spiro atoms. The van der Waals surface area contributed by atoms with Crippen LogP contribution < -0.4 is 0 Å². The van der Waals surface area contributed by atoms with Crippen molar-refractivity contribution in [2.45, 2.75) is 6.92 Å². The third-order valence-corrected chi connectivity index (χ3v) is 0.569. The minimum Gasteiger partial charge on any atom is -0.397 e. The molecule has 0 rings (SSSR count). The van der Waals surface area contributed by atoms with Crippen molar-refractivity contribution >= 4 is 10.4 Å². The van der Waals surface area contributed by atoms with Crippen LogP contribution in [-0.2, 0) is 14.6 Å². The summed E-state index contributed by atoms with van der Waals surface area (Å²) in [5, 5.41) is 7.57. The molecule has 0 amide bonds. The Morgan fingerprint density at radius 1 is 1.70 bits per heavy atom. The highest BCUT2D eigenvalue weighted by molar-refractivity contribution is 7.81. The lowest BCUT2D eigenvalue weighted by Crippen LogP contribution is -1.96. The zero-order chi connectivity index (χ0) is 8.62. The number of hydrogen-bond donors (Lipinski definition) is 2. The van der Waals surface area contributed by atoms with Gasteiger partial charge in [0.05, 0.1) is 0 Å². The molecule has 0 aliphatic rings. The summed E-state index contributed by atoms with van der Waals surface area (Å²) >= 11 is 0. The molecular formula is C4H10O5S. The molecule has 0 unspecified atom stereocenters. The Morgan fingerprint density at radius 2 is 2.00 bits per heavy atom. The van der Waals surface area contributed by atoms with E-state index in [1.807, 2.05) is 0 Å². The summed E-state index contributed by atoms with van der Waals surface area (Å²) in [5.74, 6) is 0. The van der Waals surface area contributed by atoms with Crippen LogP contribution in [0.1, 0.15) is 6.92 Å². The molecule has 10 heavy (non-hydrogen) atoms. The van der Waals surface area contributed by atoms with Gasteiger partial charge in [-0.1, -0.05) is 6.58 Å². The molecule has 0 saturated carbocycles. The lowest BCUT2D eigenvalue weighted by Gasteiger charge is -1.86. The van der Waals surface area contributed by atoms with E-state index in [9.17, 15) is 8.42 Å². The van der Waals surface area contributed by atoms with Gasteiger partial charge in [0.25, 0.3) is 0 Å². The molecule has 0 bridgehead atoms. The van der Waals surface area contributed by atoms with Gasteiger partial charge < -0.3 is 9.29 Å². The van der Waals surface area contributed by atoms with Crippen molar-refractivity contribution < 1.29 is 22.3 Å². The van der Waals surface area contributed by atoms with E-state index in [0.29, 0.717) is 6.26 Å². The fraction of sp³-hybridized carbons (Fsp3) is 0.500. The van der Waals surface area contributed by atoms with Crippen LogP contribution in [-0.4, -0.2) is 24.7 Å². The Balaban J connectivity index is 0. The summed E-state index contributed by atoms with van der Waals surface area (Å²) in [6.45, 7) is 4.82. The lowest BCUT2D eigenvalue weighted by atomic mass is 10.9. The monoisotopic (exact) mass is 170 g/mol. The van der Waals surface area contributed by atoms with Gasteiger partial charge in [0.1, 0.15) is 6.26 Å². The van der Waals surface area contributed by atoms with Gasteiger partial charge in [0.2, 0.25) is 0 Å². The van der Waals surface area contributed by atoms with E-state index in [2.05, 4.69) is 10.8 Å². The maximum atomic E-state index is 9.49. The number of hydrogen-bond acceptors (Lipinski definition) is 4. The van der Waals surface area contributed by atoms with Crippen LogP contribution in [0, 0.1) is 0 Å². The second-order valence-corrected chi connectivity index (χ2v) is 2.05. The van der Waals surface area contributed by atoms with Gasteiger partial charge in [0, 0.05) is 6.61 Å². The van der Waals surface area contributed by atoms with E-state index < -0.39 is 10.4 Å². The highest BCUT2D eigenvalue weighted by Crippen LogP contribution is 1.82. The van der Waals surface area contributed by atoms with Crippen molar-refractivity contribution in [3.05, 3.63) is 12.8 Å². The predicted molar refractivity (Wildman–Crippen MR) is 35.6 cm³/mol. The average molecular weight is 170 g/mol. The quantitative estimate of drug-likeness (QED) is 0.448. The molecular weight excluding hydrogens is 160 g/mol. The third-order valence-electron chi connectivity index (χ3n) is 0.190. The number of aliphatic hydroxyl groups excluding tert-OH is 1. The third kappa shape index (κ3) is 26.2. The van der Waals surface area contributed by atoms with Gasteiger partial charge in [-0.15, -0.1) is 0 Å². The summed E-state index contributed by atoms with van der Waals surface area (Å²) < 4.78 is 30.2. The Labute approximate surface area is 59.9 Å². The van der Waals surface area contributed by atoms with Crippen LogP contribution >= 0.6 is 0 Å². The molecule has 0 aromatic rings. The van der Waals surface area contributed by atoms with Crippen molar-refractivity contribution in [3.8, 4) is 0 Å². The molecule has 0 aromatic carbocycles. The molecule has 5 nitrogen and oxygen atoms in total. The standard InChI is InChI=1S/C2H4O4S.C2H6O/c1-2-6-7(3,4)5;1-2-3/h2H,1H2,(H,3,4,5);3H,2H2,1H3. The zero-order valence-corrected chi connectivity index (χ0v) is 6.34. The van der Waals surface area contributed by atoms with Gasteiger partial charge in [-0.3, -0.25) is 4.55 Å². The van der Waals surface area contributed by atoms with Crippen molar-refractivity contribution in [2.75, 3.05) is 6.61 Å². The molecule has 0 aliphatic heterocycles. The molecule has 0 fully saturated rings. The van der Waals surface area contributed by atoms with Crippen molar-refractivity contribution in [3.63, 3.8) is 0 Å². The number of rotatable bonds is 2. The van der Waals surface area contributed by atoms with E-state index in [1.54, 1.807) is 6.92 Å². The van der Waals surface area contributed by atoms with Crippen LogP contribution in [0.3, 0.4) is 0 Å².